The van der Waals surface area contributed by atoms with Gasteiger partial charge in [0, 0.05) is 19.8 Å². The molecular weight excluding hydrogens is 260 g/mol. The fraction of sp³-hybridized carbons (Fsp3) is 0.857. The normalized spacial score (nSPS) is 17.7. The minimum absolute atomic E-state index is 0.109. The second-order valence-electron chi connectivity index (χ2n) is 4.97. The second-order valence-corrected chi connectivity index (χ2v) is 5.95. The van der Waals surface area contributed by atoms with E-state index >= 15 is 0 Å². The largest absolute Gasteiger partial charge is 0.381 e. The Morgan fingerprint density at radius 3 is 2.63 bits per heavy atom. The molecule has 1 saturated heterocycles. The van der Waals surface area contributed by atoms with Gasteiger partial charge in [0.1, 0.15) is 5.41 Å². The maximum atomic E-state index is 12.1. The third-order valence-electron chi connectivity index (χ3n) is 3.56. The molecule has 1 aliphatic heterocycles. The minimum Gasteiger partial charge on any atom is -0.381 e. The topological polar surface area (TPSA) is 62.1 Å². The highest BCUT2D eigenvalue weighted by atomic mass is 32.2. The van der Waals surface area contributed by atoms with E-state index in [1.54, 1.807) is 0 Å². The highest BCUT2D eigenvalue weighted by Crippen LogP contribution is 2.29. The molecule has 0 aromatic heterocycles. The van der Waals surface area contributed by atoms with Crippen LogP contribution in [0.1, 0.15) is 38.5 Å². The van der Waals surface area contributed by atoms with Gasteiger partial charge in [0.25, 0.3) is 0 Å². The van der Waals surface area contributed by atoms with E-state index in [9.17, 15) is 10.1 Å². The van der Waals surface area contributed by atoms with Gasteiger partial charge in [-0.3, -0.25) is 4.79 Å². The molecule has 1 aliphatic rings. The monoisotopic (exact) mass is 284 g/mol. The molecule has 1 amide bonds. The van der Waals surface area contributed by atoms with Gasteiger partial charge in [-0.1, -0.05) is 12.8 Å². The quantitative estimate of drug-likeness (QED) is 0.695. The van der Waals surface area contributed by atoms with Crippen LogP contribution in [0.4, 0.5) is 0 Å². The molecule has 108 valence electrons. The van der Waals surface area contributed by atoms with E-state index in [1.165, 1.54) is 18.6 Å². The van der Waals surface area contributed by atoms with Crippen LogP contribution in [0.5, 0.6) is 0 Å². The zero-order valence-corrected chi connectivity index (χ0v) is 12.6. The summed E-state index contributed by atoms with van der Waals surface area (Å²) in [5.41, 5.74) is -0.850. The molecule has 0 saturated carbocycles. The highest BCUT2D eigenvalue weighted by molar-refractivity contribution is 7.98. The first-order valence-electron chi connectivity index (χ1n) is 7.01. The number of amides is 1. The van der Waals surface area contributed by atoms with Crippen molar-refractivity contribution in [3.8, 4) is 6.07 Å². The molecule has 1 rings (SSSR count). The Morgan fingerprint density at radius 1 is 1.32 bits per heavy atom. The number of ether oxygens (including phenoxy) is 1. The first kappa shape index (κ1) is 16.3. The van der Waals surface area contributed by atoms with Gasteiger partial charge in [0.05, 0.1) is 6.07 Å². The summed E-state index contributed by atoms with van der Waals surface area (Å²) in [5.74, 6) is 1.10. The average Bonchev–Trinajstić information content (AvgIpc) is 2.46. The van der Waals surface area contributed by atoms with E-state index in [2.05, 4.69) is 17.6 Å². The van der Waals surface area contributed by atoms with Crippen molar-refractivity contribution in [2.45, 2.75) is 38.5 Å². The Labute approximate surface area is 120 Å². The molecule has 1 fully saturated rings. The van der Waals surface area contributed by atoms with Crippen molar-refractivity contribution in [1.82, 2.24) is 5.32 Å². The Bertz CT molecular complexity index is 309. The summed E-state index contributed by atoms with van der Waals surface area (Å²) in [7, 11) is 0. The van der Waals surface area contributed by atoms with E-state index in [0.717, 1.165) is 12.8 Å². The Kier molecular flexibility index (Phi) is 7.92. The Hall–Kier alpha value is -0.730. The number of carbonyl (C=O) groups is 1. The molecule has 0 unspecified atom stereocenters. The zero-order valence-electron chi connectivity index (χ0n) is 11.7. The van der Waals surface area contributed by atoms with Gasteiger partial charge in [-0.05, 0) is 37.7 Å². The molecule has 0 radical (unpaired) electrons. The lowest BCUT2D eigenvalue weighted by molar-refractivity contribution is -0.132. The summed E-state index contributed by atoms with van der Waals surface area (Å²) in [4.78, 5) is 12.1. The summed E-state index contributed by atoms with van der Waals surface area (Å²) < 4.78 is 5.22. The molecule has 0 aromatic carbocycles. The van der Waals surface area contributed by atoms with Crippen molar-refractivity contribution in [3.63, 3.8) is 0 Å². The standard InChI is InChI=1S/C14H24N2O2S/c1-19-11-5-3-2-4-8-16-13(17)14(12-15)6-9-18-10-7-14/h2-11H2,1H3,(H,16,17). The van der Waals surface area contributed by atoms with Crippen molar-refractivity contribution in [1.29, 1.82) is 5.26 Å². The van der Waals surface area contributed by atoms with Crippen LogP contribution in [0.2, 0.25) is 0 Å². The fourth-order valence-corrected chi connectivity index (χ4v) is 2.70. The van der Waals surface area contributed by atoms with Gasteiger partial charge >= 0.3 is 0 Å². The van der Waals surface area contributed by atoms with Gasteiger partial charge in [-0.2, -0.15) is 17.0 Å². The van der Waals surface area contributed by atoms with Crippen LogP contribution in [0.3, 0.4) is 0 Å². The maximum Gasteiger partial charge on any atom is 0.240 e. The third-order valence-corrected chi connectivity index (χ3v) is 4.25. The molecule has 1 N–H and O–H groups in total. The molecule has 1 heterocycles. The van der Waals surface area contributed by atoms with Crippen LogP contribution in [0, 0.1) is 16.7 Å². The SMILES string of the molecule is CSCCCCCCNC(=O)C1(C#N)CCOCC1. The third kappa shape index (κ3) is 5.42. The lowest BCUT2D eigenvalue weighted by Gasteiger charge is -2.29. The number of nitrogens with one attached hydrogen (secondary N) is 1. The van der Waals surface area contributed by atoms with Crippen LogP contribution in [0.25, 0.3) is 0 Å². The summed E-state index contributed by atoms with van der Waals surface area (Å²) in [6.07, 6.45) is 7.76. The summed E-state index contributed by atoms with van der Waals surface area (Å²) in [6, 6.07) is 2.19. The summed E-state index contributed by atoms with van der Waals surface area (Å²) >= 11 is 1.87. The lowest BCUT2D eigenvalue weighted by atomic mass is 9.81. The Balaban J connectivity index is 2.17. The van der Waals surface area contributed by atoms with Crippen LogP contribution >= 0.6 is 11.8 Å². The van der Waals surface area contributed by atoms with Gasteiger partial charge in [0.15, 0.2) is 0 Å². The van der Waals surface area contributed by atoms with Crippen molar-refractivity contribution >= 4 is 17.7 Å². The van der Waals surface area contributed by atoms with Gasteiger partial charge in [0.2, 0.25) is 5.91 Å². The number of nitriles is 1. The number of carbonyl (C=O) groups excluding carboxylic acids is 1. The van der Waals surface area contributed by atoms with Gasteiger partial charge in [-0.15, -0.1) is 0 Å². The van der Waals surface area contributed by atoms with E-state index < -0.39 is 5.41 Å². The van der Waals surface area contributed by atoms with E-state index in [0.29, 0.717) is 32.6 Å². The lowest BCUT2D eigenvalue weighted by Crippen LogP contribution is -2.44. The first-order valence-corrected chi connectivity index (χ1v) is 8.41. The summed E-state index contributed by atoms with van der Waals surface area (Å²) in [6.45, 7) is 1.70. The predicted octanol–water partition coefficient (Wildman–Crippen LogP) is 2.35. The van der Waals surface area contributed by atoms with Gasteiger partial charge < -0.3 is 10.1 Å². The predicted molar refractivity (Wildman–Crippen MR) is 78.0 cm³/mol. The number of unbranched alkanes of at least 4 members (excludes halogenated alkanes) is 3. The number of thioether (sulfide) groups is 1. The van der Waals surface area contributed by atoms with Crippen molar-refractivity contribution in [2.24, 2.45) is 5.41 Å². The van der Waals surface area contributed by atoms with E-state index in [1.807, 2.05) is 11.8 Å². The molecular formula is C14H24N2O2S. The maximum absolute atomic E-state index is 12.1. The Morgan fingerprint density at radius 2 is 2.00 bits per heavy atom. The minimum atomic E-state index is -0.850. The molecule has 0 aliphatic carbocycles. The number of hydrogen-bond donors (Lipinski definition) is 1. The second kappa shape index (κ2) is 9.22. The highest BCUT2D eigenvalue weighted by Gasteiger charge is 2.40. The van der Waals surface area contributed by atoms with Crippen molar-refractivity contribution in [2.75, 3.05) is 31.8 Å². The molecule has 4 nitrogen and oxygen atoms in total. The van der Waals surface area contributed by atoms with E-state index in [4.69, 9.17) is 4.74 Å². The zero-order chi connectivity index (χ0) is 14.0. The summed E-state index contributed by atoms with van der Waals surface area (Å²) in [5, 5.41) is 12.2. The molecule has 19 heavy (non-hydrogen) atoms. The van der Waals surface area contributed by atoms with Crippen LogP contribution < -0.4 is 5.32 Å². The van der Waals surface area contributed by atoms with Gasteiger partial charge in [-0.25, -0.2) is 0 Å². The number of nitrogens with zero attached hydrogens (tertiary/aromatic N) is 1. The van der Waals surface area contributed by atoms with Crippen molar-refractivity contribution in [3.05, 3.63) is 0 Å². The number of hydrogen-bond acceptors (Lipinski definition) is 4. The number of rotatable bonds is 8. The fourth-order valence-electron chi connectivity index (χ4n) is 2.21. The van der Waals surface area contributed by atoms with Crippen LogP contribution in [0.15, 0.2) is 0 Å². The van der Waals surface area contributed by atoms with Crippen LogP contribution in [-0.2, 0) is 9.53 Å². The molecule has 0 aromatic rings. The smallest absolute Gasteiger partial charge is 0.240 e. The molecule has 0 spiro atoms. The van der Waals surface area contributed by atoms with E-state index in [-0.39, 0.29) is 5.91 Å². The molecule has 0 bridgehead atoms. The van der Waals surface area contributed by atoms with Crippen LogP contribution in [-0.4, -0.2) is 37.7 Å². The average molecular weight is 284 g/mol. The molecule has 0 atom stereocenters. The molecule has 5 heteroatoms. The van der Waals surface area contributed by atoms with Crippen molar-refractivity contribution < 1.29 is 9.53 Å². The first-order chi connectivity index (χ1) is 9.25.